The summed E-state index contributed by atoms with van der Waals surface area (Å²) in [6.45, 7) is 0. The summed E-state index contributed by atoms with van der Waals surface area (Å²) in [5.41, 5.74) is 0. The number of carbonyl (C=O) groups excluding carboxylic acids is 2. The Bertz CT molecular complexity index is 303. The van der Waals surface area contributed by atoms with E-state index in [1.54, 1.807) is 0 Å². The first-order chi connectivity index (χ1) is 5.79. The van der Waals surface area contributed by atoms with Crippen molar-refractivity contribution in [2.75, 3.05) is 0 Å². The van der Waals surface area contributed by atoms with Gasteiger partial charge in [0.15, 0.2) is 0 Å². The van der Waals surface area contributed by atoms with Gasteiger partial charge >= 0.3 is 0 Å². The maximum Gasteiger partial charge on any atom is 0.147 e. The third kappa shape index (κ3) is 0.542. The molecule has 0 aliphatic heterocycles. The molecule has 0 unspecified atom stereocenters. The molecule has 2 fully saturated rings. The van der Waals surface area contributed by atoms with Crippen LogP contribution < -0.4 is 0 Å². The van der Waals surface area contributed by atoms with Gasteiger partial charge in [-0.05, 0) is 12.3 Å². The number of rotatable bonds is 0. The third-order valence-corrected chi connectivity index (χ3v) is 3.59. The molecule has 2 heteroatoms. The molecule has 2 bridgehead atoms. The van der Waals surface area contributed by atoms with Crippen molar-refractivity contribution in [1.29, 1.82) is 0 Å². The van der Waals surface area contributed by atoms with Crippen LogP contribution in [-0.4, -0.2) is 11.6 Å². The zero-order valence-corrected chi connectivity index (χ0v) is 6.69. The topological polar surface area (TPSA) is 34.1 Å². The predicted molar refractivity (Wildman–Crippen MR) is 42.3 cm³/mol. The second kappa shape index (κ2) is 1.87. The Morgan fingerprint density at radius 3 is 2.67 bits per heavy atom. The lowest BCUT2D eigenvalue weighted by Crippen LogP contribution is -2.19. The molecular weight excluding hydrogens is 152 g/mol. The van der Waals surface area contributed by atoms with E-state index in [-0.39, 0.29) is 17.8 Å². The molecule has 3 rings (SSSR count). The van der Waals surface area contributed by atoms with Crippen molar-refractivity contribution in [3.8, 4) is 0 Å². The summed E-state index contributed by atoms with van der Waals surface area (Å²) in [5.74, 6) is 1.15. The Morgan fingerprint density at radius 2 is 1.92 bits per heavy atom. The third-order valence-electron chi connectivity index (χ3n) is 3.59. The molecule has 4 atom stereocenters. The molecule has 0 heterocycles. The number of Topliss-reactive ketones (excluding diaryl/α,β-unsaturated/α-hetero) is 2. The van der Waals surface area contributed by atoms with E-state index in [0.29, 0.717) is 23.9 Å². The van der Waals surface area contributed by atoms with Gasteiger partial charge in [-0.25, -0.2) is 0 Å². The molecular formula is C10H10O2. The van der Waals surface area contributed by atoms with Gasteiger partial charge in [-0.2, -0.15) is 0 Å². The fraction of sp³-hybridized carbons (Fsp3) is 0.600. The highest BCUT2D eigenvalue weighted by molar-refractivity contribution is 6.00. The highest BCUT2D eigenvalue weighted by Gasteiger charge is 2.56. The highest BCUT2D eigenvalue weighted by atomic mass is 16.1. The van der Waals surface area contributed by atoms with E-state index >= 15 is 0 Å². The predicted octanol–water partition coefficient (Wildman–Crippen LogP) is 0.967. The lowest BCUT2D eigenvalue weighted by atomic mass is 9.86. The minimum absolute atomic E-state index is 0.0324. The first kappa shape index (κ1) is 6.58. The maximum absolute atomic E-state index is 11.5. The van der Waals surface area contributed by atoms with Gasteiger partial charge in [0.25, 0.3) is 0 Å². The Kier molecular flexibility index (Phi) is 1.03. The first-order valence-electron chi connectivity index (χ1n) is 4.54. The van der Waals surface area contributed by atoms with E-state index in [1.165, 1.54) is 0 Å². The van der Waals surface area contributed by atoms with Crippen molar-refractivity contribution in [1.82, 2.24) is 0 Å². The zero-order chi connectivity index (χ0) is 8.29. The van der Waals surface area contributed by atoms with E-state index in [9.17, 15) is 9.59 Å². The highest BCUT2D eigenvalue weighted by Crippen LogP contribution is 2.51. The van der Waals surface area contributed by atoms with E-state index < -0.39 is 0 Å². The van der Waals surface area contributed by atoms with Crippen LogP contribution in [0.25, 0.3) is 0 Å². The van der Waals surface area contributed by atoms with Crippen molar-refractivity contribution >= 4 is 11.6 Å². The summed E-state index contributed by atoms with van der Waals surface area (Å²) in [6, 6.07) is 0. The number of fused-ring (bicyclic) bond motifs is 5. The molecule has 2 nitrogen and oxygen atoms in total. The van der Waals surface area contributed by atoms with Gasteiger partial charge in [-0.3, -0.25) is 9.59 Å². The molecule has 0 saturated heterocycles. The summed E-state index contributed by atoms with van der Waals surface area (Å²) in [6.07, 6.45) is 5.60. The van der Waals surface area contributed by atoms with Crippen LogP contribution in [0.3, 0.4) is 0 Å². The average molecular weight is 162 g/mol. The van der Waals surface area contributed by atoms with E-state index in [0.717, 1.165) is 6.42 Å². The van der Waals surface area contributed by atoms with Crippen molar-refractivity contribution in [3.63, 3.8) is 0 Å². The van der Waals surface area contributed by atoms with Crippen molar-refractivity contribution in [2.24, 2.45) is 23.7 Å². The van der Waals surface area contributed by atoms with Crippen LogP contribution in [0.1, 0.15) is 12.8 Å². The summed E-state index contributed by atoms with van der Waals surface area (Å²) in [4.78, 5) is 22.9. The lowest BCUT2D eigenvalue weighted by molar-refractivity contribution is -0.126. The number of allylic oxidation sites excluding steroid dienone is 2. The molecule has 0 spiro atoms. The van der Waals surface area contributed by atoms with Gasteiger partial charge in [0, 0.05) is 24.2 Å². The van der Waals surface area contributed by atoms with Crippen LogP contribution >= 0.6 is 0 Å². The molecule has 0 aromatic heterocycles. The Hall–Kier alpha value is -0.920. The van der Waals surface area contributed by atoms with Gasteiger partial charge < -0.3 is 0 Å². The van der Waals surface area contributed by atoms with E-state index in [4.69, 9.17) is 0 Å². The summed E-state index contributed by atoms with van der Waals surface area (Å²) in [5, 5.41) is 0. The molecule has 0 radical (unpaired) electrons. The smallest absolute Gasteiger partial charge is 0.147 e. The molecule has 0 aromatic carbocycles. The quantitative estimate of drug-likeness (QED) is 0.497. The van der Waals surface area contributed by atoms with Crippen LogP contribution in [0, 0.1) is 23.7 Å². The van der Waals surface area contributed by atoms with Crippen LogP contribution in [0.5, 0.6) is 0 Å². The second-order valence-electron chi connectivity index (χ2n) is 4.03. The fourth-order valence-electron chi connectivity index (χ4n) is 3.07. The standard InChI is InChI=1S/C10H10O2/c11-8-4-3-5-6-1-2-7(9(5)8)10(6)12/h1-2,5-7,9H,3-4H2/t5-,6+,7-,9-/m0/s1. The van der Waals surface area contributed by atoms with Gasteiger partial charge in [-0.1, -0.05) is 12.2 Å². The minimum Gasteiger partial charge on any atom is -0.299 e. The molecule has 3 aliphatic carbocycles. The second-order valence-corrected chi connectivity index (χ2v) is 4.03. The van der Waals surface area contributed by atoms with Crippen molar-refractivity contribution in [3.05, 3.63) is 12.2 Å². The molecule has 0 amide bonds. The van der Waals surface area contributed by atoms with Crippen LogP contribution in [0.15, 0.2) is 12.2 Å². The Morgan fingerprint density at radius 1 is 1.17 bits per heavy atom. The van der Waals surface area contributed by atoms with E-state index in [2.05, 4.69) is 0 Å². The normalized spacial score (nSPS) is 49.0. The minimum atomic E-state index is -0.0324. The van der Waals surface area contributed by atoms with Crippen LogP contribution in [-0.2, 0) is 9.59 Å². The monoisotopic (exact) mass is 162 g/mol. The van der Waals surface area contributed by atoms with E-state index in [1.807, 2.05) is 12.2 Å². The maximum atomic E-state index is 11.5. The molecule has 62 valence electrons. The van der Waals surface area contributed by atoms with Crippen LogP contribution in [0.4, 0.5) is 0 Å². The zero-order valence-electron chi connectivity index (χ0n) is 6.69. The number of hydrogen-bond donors (Lipinski definition) is 0. The van der Waals surface area contributed by atoms with Crippen molar-refractivity contribution in [2.45, 2.75) is 12.8 Å². The summed E-state index contributed by atoms with van der Waals surface area (Å²) < 4.78 is 0. The Balaban J connectivity index is 2.09. The SMILES string of the molecule is O=C1CC[C@@H]2[C@H]1[C@@H]1C=C[C@H]2C1=O. The molecule has 12 heavy (non-hydrogen) atoms. The van der Waals surface area contributed by atoms with Gasteiger partial charge in [0.1, 0.15) is 11.6 Å². The summed E-state index contributed by atoms with van der Waals surface area (Å²) >= 11 is 0. The molecule has 2 saturated carbocycles. The van der Waals surface area contributed by atoms with Crippen molar-refractivity contribution < 1.29 is 9.59 Å². The lowest BCUT2D eigenvalue weighted by Gasteiger charge is -2.15. The van der Waals surface area contributed by atoms with Gasteiger partial charge in [0.05, 0.1) is 0 Å². The molecule has 0 aromatic rings. The fourth-order valence-corrected chi connectivity index (χ4v) is 3.07. The number of hydrogen-bond acceptors (Lipinski definition) is 2. The first-order valence-corrected chi connectivity index (χ1v) is 4.54. The Labute approximate surface area is 70.6 Å². The number of carbonyl (C=O) groups is 2. The van der Waals surface area contributed by atoms with Gasteiger partial charge in [0.2, 0.25) is 0 Å². The largest absolute Gasteiger partial charge is 0.299 e. The van der Waals surface area contributed by atoms with Gasteiger partial charge in [-0.15, -0.1) is 0 Å². The van der Waals surface area contributed by atoms with Crippen LogP contribution in [0.2, 0.25) is 0 Å². The number of ketones is 2. The molecule has 0 N–H and O–H groups in total. The average Bonchev–Trinajstić information content (AvgIpc) is 2.66. The summed E-state index contributed by atoms with van der Waals surface area (Å²) in [7, 11) is 0. The molecule has 3 aliphatic rings.